The molecule has 4 heteroatoms. The zero-order chi connectivity index (χ0) is 14.7. The molecule has 3 rings (SSSR count). The number of nitrogens with two attached hydrogens (primary N) is 1. The van der Waals surface area contributed by atoms with E-state index in [-0.39, 0.29) is 5.91 Å². The fourth-order valence-electron chi connectivity index (χ4n) is 4.49. The number of amides is 1. The van der Waals surface area contributed by atoms with Crippen LogP contribution in [0.1, 0.15) is 64.2 Å². The van der Waals surface area contributed by atoms with E-state index in [1.54, 1.807) is 0 Å². The molecule has 0 aromatic rings. The highest BCUT2D eigenvalue weighted by Crippen LogP contribution is 2.29. The molecule has 120 valence electrons. The summed E-state index contributed by atoms with van der Waals surface area (Å²) in [7, 11) is 0. The number of nitrogens with zero attached hydrogens (tertiary/aromatic N) is 2. The predicted molar refractivity (Wildman–Crippen MR) is 85.0 cm³/mol. The first kappa shape index (κ1) is 15.3. The van der Waals surface area contributed by atoms with E-state index in [2.05, 4.69) is 9.80 Å². The molecule has 3 fully saturated rings. The van der Waals surface area contributed by atoms with Gasteiger partial charge < -0.3 is 10.6 Å². The highest BCUT2D eigenvalue weighted by Gasteiger charge is 2.39. The van der Waals surface area contributed by atoms with Gasteiger partial charge in [0.05, 0.1) is 5.54 Å². The van der Waals surface area contributed by atoms with Crippen molar-refractivity contribution < 1.29 is 4.79 Å². The van der Waals surface area contributed by atoms with Gasteiger partial charge in [-0.1, -0.05) is 32.1 Å². The minimum Gasteiger partial charge on any atom is -0.340 e. The van der Waals surface area contributed by atoms with Gasteiger partial charge in [0.1, 0.15) is 0 Å². The Kier molecular flexibility index (Phi) is 4.85. The third kappa shape index (κ3) is 3.42. The lowest BCUT2D eigenvalue weighted by Crippen LogP contribution is -2.57. The number of carbonyl (C=O) groups excluding carboxylic acids is 1. The molecule has 21 heavy (non-hydrogen) atoms. The molecule has 0 aromatic carbocycles. The molecule has 2 N–H and O–H groups in total. The summed E-state index contributed by atoms with van der Waals surface area (Å²) in [5, 5.41) is 0. The van der Waals surface area contributed by atoms with Crippen molar-refractivity contribution in [3.8, 4) is 0 Å². The maximum Gasteiger partial charge on any atom is 0.242 e. The fraction of sp³-hybridized carbons (Fsp3) is 0.941. The molecular formula is C17H31N3O. The van der Waals surface area contributed by atoms with Crippen molar-refractivity contribution in [3.05, 3.63) is 0 Å². The highest BCUT2D eigenvalue weighted by atomic mass is 16.2. The molecule has 3 aliphatic rings. The lowest BCUT2D eigenvalue weighted by Gasteiger charge is -2.36. The summed E-state index contributed by atoms with van der Waals surface area (Å²) >= 11 is 0. The fourth-order valence-corrected chi connectivity index (χ4v) is 4.49. The Labute approximate surface area is 129 Å². The Balaban J connectivity index is 1.57. The van der Waals surface area contributed by atoms with Gasteiger partial charge in [0.15, 0.2) is 0 Å². The van der Waals surface area contributed by atoms with Crippen molar-refractivity contribution in [2.75, 3.05) is 26.2 Å². The molecule has 1 saturated heterocycles. The molecule has 0 atom stereocenters. The Morgan fingerprint density at radius 1 is 0.857 bits per heavy atom. The smallest absolute Gasteiger partial charge is 0.242 e. The van der Waals surface area contributed by atoms with Gasteiger partial charge in [-0.05, 0) is 32.1 Å². The van der Waals surface area contributed by atoms with E-state index in [0.29, 0.717) is 0 Å². The van der Waals surface area contributed by atoms with Crippen LogP contribution in [0.5, 0.6) is 0 Å². The first-order valence-electron chi connectivity index (χ1n) is 9.01. The third-order valence-electron chi connectivity index (χ3n) is 5.83. The number of hydrogen-bond acceptors (Lipinski definition) is 3. The summed E-state index contributed by atoms with van der Waals surface area (Å²) in [4.78, 5) is 17.5. The number of carbonyl (C=O) groups is 1. The monoisotopic (exact) mass is 293 g/mol. The van der Waals surface area contributed by atoms with E-state index in [1.165, 1.54) is 32.1 Å². The first-order valence-corrected chi connectivity index (χ1v) is 9.01. The summed E-state index contributed by atoms with van der Waals surface area (Å²) in [6.07, 6.45) is 11.8. The van der Waals surface area contributed by atoms with Crippen LogP contribution in [0, 0.1) is 0 Å². The van der Waals surface area contributed by atoms with E-state index in [0.717, 1.165) is 64.3 Å². The Morgan fingerprint density at radius 2 is 1.57 bits per heavy atom. The molecule has 2 aliphatic carbocycles. The van der Waals surface area contributed by atoms with Crippen LogP contribution in [0.25, 0.3) is 0 Å². The van der Waals surface area contributed by atoms with E-state index in [1.807, 2.05) is 0 Å². The summed E-state index contributed by atoms with van der Waals surface area (Å²) in [5.74, 6) is 0.232. The van der Waals surface area contributed by atoms with Crippen molar-refractivity contribution in [2.45, 2.75) is 75.8 Å². The van der Waals surface area contributed by atoms with E-state index < -0.39 is 5.54 Å². The van der Waals surface area contributed by atoms with Crippen molar-refractivity contribution in [1.29, 1.82) is 0 Å². The van der Waals surface area contributed by atoms with Crippen molar-refractivity contribution in [3.63, 3.8) is 0 Å². The van der Waals surface area contributed by atoms with Gasteiger partial charge >= 0.3 is 0 Å². The summed E-state index contributed by atoms with van der Waals surface area (Å²) in [6, 6.07) is 0.779. The van der Waals surface area contributed by atoms with Crippen molar-refractivity contribution >= 4 is 5.91 Å². The van der Waals surface area contributed by atoms with Crippen LogP contribution in [0.15, 0.2) is 0 Å². The molecule has 0 aromatic heterocycles. The first-order chi connectivity index (χ1) is 10.2. The van der Waals surface area contributed by atoms with Gasteiger partial charge in [-0.3, -0.25) is 9.69 Å². The Hall–Kier alpha value is -0.610. The Bertz CT molecular complexity index is 359. The number of hydrogen-bond donors (Lipinski definition) is 1. The maximum atomic E-state index is 12.8. The molecule has 0 spiro atoms. The van der Waals surface area contributed by atoms with Crippen LogP contribution in [0.4, 0.5) is 0 Å². The second-order valence-corrected chi connectivity index (χ2v) is 7.34. The molecule has 1 heterocycles. The predicted octanol–water partition coefficient (Wildman–Crippen LogP) is 2.12. The highest BCUT2D eigenvalue weighted by molar-refractivity contribution is 5.86. The minimum atomic E-state index is -0.555. The molecule has 1 aliphatic heterocycles. The average Bonchev–Trinajstić information content (AvgIpc) is 2.92. The second-order valence-electron chi connectivity index (χ2n) is 7.34. The number of rotatable bonds is 2. The minimum absolute atomic E-state index is 0.232. The molecule has 0 unspecified atom stereocenters. The van der Waals surface area contributed by atoms with Gasteiger partial charge in [0.2, 0.25) is 5.91 Å². The topological polar surface area (TPSA) is 49.6 Å². The molecule has 0 radical (unpaired) electrons. The largest absolute Gasteiger partial charge is 0.340 e. The summed E-state index contributed by atoms with van der Waals surface area (Å²) in [6.45, 7) is 3.99. The average molecular weight is 293 g/mol. The van der Waals surface area contributed by atoms with Crippen LogP contribution < -0.4 is 5.73 Å². The molecular weight excluding hydrogens is 262 g/mol. The maximum absolute atomic E-state index is 12.8. The normalized spacial score (nSPS) is 28.5. The van der Waals surface area contributed by atoms with Gasteiger partial charge in [-0.25, -0.2) is 0 Å². The van der Waals surface area contributed by atoms with Gasteiger partial charge in [0, 0.05) is 32.2 Å². The van der Waals surface area contributed by atoms with Crippen LogP contribution in [-0.4, -0.2) is 53.5 Å². The third-order valence-corrected chi connectivity index (χ3v) is 5.83. The lowest BCUT2D eigenvalue weighted by atomic mass is 9.81. The lowest BCUT2D eigenvalue weighted by molar-refractivity contribution is -0.138. The molecule has 4 nitrogen and oxygen atoms in total. The van der Waals surface area contributed by atoms with Crippen LogP contribution in [0.2, 0.25) is 0 Å². The van der Waals surface area contributed by atoms with Crippen LogP contribution in [-0.2, 0) is 4.79 Å². The second kappa shape index (κ2) is 6.66. The van der Waals surface area contributed by atoms with Crippen LogP contribution >= 0.6 is 0 Å². The zero-order valence-electron chi connectivity index (χ0n) is 13.4. The van der Waals surface area contributed by atoms with E-state index >= 15 is 0 Å². The van der Waals surface area contributed by atoms with E-state index in [9.17, 15) is 4.79 Å². The molecule has 2 saturated carbocycles. The Morgan fingerprint density at radius 3 is 2.29 bits per heavy atom. The summed E-state index contributed by atoms with van der Waals surface area (Å²) < 4.78 is 0. The zero-order valence-corrected chi connectivity index (χ0v) is 13.4. The van der Waals surface area contributed by atoms with E-state index in [4.69, 9.17) is 5.73 Å². The van der Waals surface area contributed by atoms with Gasteiger partial charge in [-0.15, -0.1) is 0 Å². The van der Waals surface area contributed by atoms with Crippen molar-refractivity contribution in [1.82, 2.24) is 9.80 Å². The SMILES string of the molecule is NC1(C(=O)N2CCCN(C3CCCC3)CC2)CCCCC1. The standard InChI is InChI=1S/C17H31N3O/c18-17(9-4-1-5-10-17)16(21)20-12-6-11-19(13-14-20)15-7-2-3-8-15/h15H,1-14,18H2. The molecule has 0 bridgehead atoms. The van der Waals surface area contributed by atoms with Gasteiger partial charge in [-0.2, -0.15) is 0 Å². The van der Waals surface area contributed by atoms with Crippen LogP contribution in [0.3, 0.4) is 0 Å². The van der Waals surface area contributed by atoms with Crippen molar-refractivity contribution in [2.24, 2.45) is 5.73 Å². The summed E-state index contributed by atoms with van der Waals surface area (Å²) in [5.41, 5.74) is 5.88. The van der Waals surface area contributed by atoms with Gasteiger partial charge in [0.25, 0.3) is 0 Å². The quantitative estimate of drug-likeness (QED) is 0.848. The molecule has 1 amide bonds.